The van der Waals surface area contributed by atoms with Crippen LogP contribution in [0.5, 0.6) is 0 Å². The summed E-state index contributed by atoms with van der Waals surface area (Å²) in [6, 6.07) is 0. The van der Waals surface area contributed by atoms with Crippen molar-refractivity contribution in [3.63, 3.8) is 0 Å². The normalized spacial score (nSPS) is 11.3. The minimum atomic E-state index is -0.643. The lowest BCUT2D eigenvalue weighted by Crippen LogP contribution is -2.32. The standard InChI is InChI=1S/C9H10Br2ClN3O/c1-9(2,4-12)8(16)15-7-6(11)14-5(10)3-13-7/h3H,4H2,1-2H3,(H,13,15,16). The number of anilines is 1. The summed E-state index contributed by atoms with van der Waals surface area (Å²) in [7, 11) is 0. The van der Waals surface area contributed by atoms with Crippen LogP contribution >= 0.6 is 43.5 Å². The fraction of sp³-hybridized carbons (Fsp3) is 0.444. The van der Waals surface area contributed by atoms with Crippen LogP contribution in [-0.4, -0.2) is 21.8 Å². The summed E-state index contributed by atoms with van der Waals surface area (Å²) in [6.07, 6.45) is 1.51. The predicted octanol–water partition coefficient (Wildman–Crippen LogP) is 3.21. The second-order valence-corrected chi connectivity index (χ2v) is 5.63. The van der Waals surface area contributed by atoms with E-state index in [1.807, 2.05) is 0 Å². The molecule has 7 heteroatoms. The van der Waals surface area contributed by atoms with E-state index in [-0.39, 0.29) is 11.8 Å². The van der Waals surface area contributed by atoms with Crippen LogP contribution in [0.4, 0.5) is 5.82 Å². The lowest BCUT2D eigenvalue weighted by Gasteiger charge is -2.20. The molecule has 4 nitrogen and oxygen atoms in total. The Labute approximate surface area is 115 Å². The maximum absolute atomic E-state index is 11.8. The summed E-state index contributed by atoms with van der Waals surface area (Å²) in [5.74, 6) is 0.423. The van der Waals surface area contributed by atoms with Crippen molar-refractivity contribution < 1.29 is 4.79 Å². The fourth-order valence-corrected chi connectivity index (χ4v) is 1.80. The maximum Gasteiger partial charge on any atom is 0.232 e. The largest absolute Gasteiger partial charge is 0.308 e. The first-order valence-corrected chi connectivity index (χ1v) is 6.54. The number of nitrogens with one attached hydrogen (secondary N) is 1. The molecule has 0 saturated heterocycles. The highest BCUT2D eigenvalue weighted by Crippen LogP contribution is 2.23. The summed E-state index contributed by atoms with van der Waals surface area (Å²) in [5.41, 5.74) is -0.643. The topological polar surface area (TPSA) is 54.9 Å². The molecule has 1 aromatic heterocycles. The number of hydrogen-bond donors (Lipinski definition) is 1. The Morgan fingerprint density at radius 3 is 2.69 bits per heavy atom. The van der Waals surface area contributed by atoms with Crippen LogP contribution in [0.3, 0.4) is 0 Å². The summed E-state index contributed by atoms with van der Waals surface area (Å²) in [4.78, 5) is 19.9. The third kappa shape index (κ3) is 3.40. The number of hydrogen-bond acceptors (Lipinski definition) is 3. The van der Waals surface area contributed by atoms with Crippen LogP contribution in [0.2, 0.25) is 0 Å². The van der Waals surface area contributed by atoms with Crippen molar-refractivity contribution in [2.75, 3.05) is 11.2 Å². The van der Waals surface area contributed by atoms with Crippen molar-refractivity contribution in [3.05, 3.63) is 15.4 Å². The van der Waals surface area contributed by atoms with Crippen molar-refractivity contribution in [2.24, 2.45) is 5.41 Å². The van der Waals surface area contributed by atoms with Crippen LogP contribution in [0, 0.1) is 5.41 Å². The second kappa shape index (κ2) is 5.42. The van der Waals surface area contributed by atoms with Crippen molar-refractivity contribution in [1.29, 1.82) is 0 Å². The minimum Gasteiger partial charge on any atom is -0.308 e. The molecule has 0 aliphatic rings. The van der Waals surface area contributed by atoms with E-state index >= 15 is 0 Å². The molecule has 0 aliphatic carbocycles. The molecule has 0 aliphatic heterocycles. The van der Waals surface area contributed by atoms with Gasteiger partial charge in [-0.2, -0.15) is 0 Å². The van der Waals surface area contributed by atoms with Gasteiger partial charge < -0.3 is 5.32 Å². The molecule has 0 unspecified atom stereocenters. The van der Waals surface area contributed by atoms with E-state index in [4.69, 9.17) is 11.6 Å². The highest BCUT2D eigenvalue weighted by atomic mass is 79.9. The monoisotopic (exact) mass is 369 g/mol. The van der Waals surface area contributed by atoms with Gasteiger partial charge in [0.1, 0.15) is 9.21 Å². The zero-order valence-corrected chi connectivity index (χ0v) is 12.6. The van der Waals surface area contributed by atoms with Gasteiger partial charge in [-0.25, -0.2) is 9.97 Å². The average molecular weight is 371 g/mol. The van der Waals surface area contributed by atoms with Gasteiger partial charge in [-0.1, -0.05) is 0 Å². The zero-order valence-electron chi connectivity index (χ0n) is 8.72. The number of halogens is 3. The highest BCUT2D eigenvalue weighted by Gasteiger charge is 2.27. The SMILES string of the molecule is CC(C)(CCl)C(=O)Nc1ncc(Br)nc1Br. The number of rotatable bonds is 3. The first-order chi connectivity index (χ1) is 7.36. The first-order valence-electron chi connectivity index (χ1n) is 4.42. The zero-order chi connectivity index (χ0) is 12.3. The molecule has 16 heavy (non-hydrogen) atoms. The van der Waals surface area contributed by atoms with E-state index in [2.05, 4.69) is 47.1 Å². The smallest absolute Gasteiger partial charge is 0.232 e. The molecule has 0 radical (unpaired) electrons. The molecule has 0 aromatic carbocycles. The number of carbonyl (C=O) groups is 1. The molecule has 1 N–H and O–H groups in total. The second-order valence-electron chi connectivity index (χ2n) is 3.80. The third-order valence-electron chi connectivity index (χ3n) is 1.88. The molecular weight excluding hydrogens is 361 g/mol. The Kier molecular flexibility index (Phi) is 4.70. The van der Waals surface area contributed by atoms with Crippen molar-refractivity contribution in [2.45, 2.75) is 13.8 Å². The number of carbonyl (C=O) groups excluding carboxylic acids is 1. The molecule has 1 aromatic rings. The molecule has 1 amide bonds. The number of amides is 1. The van der Waals surface area contributed by atoms with Gasteiger partial charge >= 0.3 is 0 Å². The third-order valence-corrected chi connectivity index (χ3v) is 3.48. The molecule has 1 rings (SSSR count). The van der Waals surface area contributed by atoms with Gasteiger partial charge in [0, 0.05) is 5.88 Å². The lowest BCUT2D eigenvalue weighted by atomic mass is 9.95. The van der Waals surface area contributed by atoms with E-state index in [0.29, 0.717) is 15.0 Å². The molecule has 1 heterocycles. The predicted molar refractivity (Wildman–Crippen MR) is 70.6 cm³/mol. The highest BCUT2D eigenvalue weighted by molar-refractivity contribution is 9.11. The van der Waals surface area contributed by atoms with Crippen LogP contribution < -0.4 is 5.32 Å². The van der Waals surface area contributed by atoms with E-state index in [0.717, 1.165) is 0 Å². The van der Waals surface area contributed by atoms with Crippen LogP contribution in [0.1, 0.15) is 13.8 Å². The Balaban J connectivity index is 2.85. The maximum atomic E-state index is 11.8. The number of alkyl halides is 1. The molecule has 0 saturated carbocycles. The summed E-state index contributed by atoms with van der Waals surface area (Å²) < 4.78 is 1.06. The fourth-order valence-electron chi connectivity index (χ4n) is 0.768. The Morgan fingerprint density at radius 1 is 1.56 bits per heavy atom. The molecule has 0 atom stereocenters. The molecule has 0 fully saturated rings. The van der Waals surface area contributed by atoms with E-state index in [9.17, 15) is 4.79 Å². The van der Waals surface area contributed by atoms with E-state index in [1.54, 1.807) is 13.8 Å². The first kappa shape index (κ1) is 13.9. The van der Waals surface area contributed by atoms with Crippen LogP contribution in [0.25, 0.3) is 0 Å². The number of aromatic nitrogens is 2. The Bertz CT molecular complexity index is 412. The van der Waals surface area contributed by atoms with Gasteiger partial charge in [-0.3, -0.25) is 4.79 Å². The van der Waals surface area contributed by atoms with Gasteiger partial charge in [-0.05, 0) is 45.7 Å². The van der Waals surface area contributed by atoms with Crippen LogP contribution in [-0.2, 0) is 4.79 Å². The van der Waals surface area contributed by atoms with Crippen molar-refractivity contribution in [3.8, 4) is 0 Å². The molecule has 0 bridgehead atoms. The summed E-state index contributed by atoms with van der Waals surface area (Å²) >= 11 is 12.1. The number of nitrogens with zero attached hydrogens (tertiary/aromatic N) is 2. The molecule has 0 spiro atoms. The molecular formula is C9H10Br2ClN3O. The quantitative estimate of drug-likeness (QED) is 0.830. The summed E-state index contributed by atoms with van der Waals surface area (Å²) in [6.45, 7) is 3.52. The van der Waals surface area contributed by atoms with Crippen molar-refractivity contribution >= 4 is 55.2 Å². The van der Waals surface area contributed by atoms with Gasteiger partial charge in [0.2, 0.25) is 5.91 Å². The van der Waals surface area contributed by atoms with Gasteiger partial charge in [0.05, 0.1) is 11.6 Å². The van der Waals surface area contributed by atoms with Crippen LogP contribution in [0.15, 0.2) is 15.4 Å². The minimum absolute atomic E-state index is 0.195. The van der Waals surface area contributed by atoms with E-state index in [1.165, 1.54) is 6.20 Å². The van der Waals surface area contributed by atoms with Gasteiger partial charge in [-0.15, -0.1) is 11.6 Å². The Hall–Kier alpha value is -0.200. The molecule has 88 valence electrons. The van der Waals surface area contributed by atoms with Gasteiger partial charge in [0.25, 0.3) is 0 Å². The van der Waals surface area contributed by atoms with E-state index < -0.39 is 5.41 Å². The summed E-state index contributed by atoms with van der Waals surface area (Å²) in [5, 5.41) is 2.66. The lowest BCUT2D eigenvalue weighted by molar-refractivity contribution is -0.123. The Morgan fingerprint density at radius 2 is 2.19 bits per heavy atom. The van der Waals surface area contributed by atoms with Crippen molar-refractivity contribution in [1.82, 2.24) is 9.97 Å². The average Bonchev–Trinajstić information content (AvgIpc) is 2.22. The van der Waals surface area contributed by atoms with Gasteiger partial charge in [0.15, 0.2) is 5.82 Å².